The molecule has 0 radical (unpaired) electrons. The Hall–Kier alpha value is -1.00. The first-order chi connectivity index (χ1) is 5.70. The zero-order valence-electron chi connectivity index (χ0n) is 5.70. The Kier molecular flexibility index (Phi) is 6.14. The van der Waals surface area contributed by atoms with E-state index in [1.165, 1.54) is 12.2 Å². The maximum atomic E-state index is 10.3. The zero-order chi connectivity index (χ0) is 9.40. The maximum absolute atomic E-state index is 10.3. The second kappa shape index (κ2) is 6.69. The van der Waals surface area contributed by atoms with Crippen LogP contribution in [0.4, 0.5) is 0 Å². The Balaban J connectivity index is 3.81. The molecule has 0 aliphatic rings. The molecule has 0 atom stereocenters. The van der Waals surface area contributed by atoms with Gasteiger partial charge in [0.25, 0.3) is 0 Å². The highest BCUT2D eigenvalue weighted by atomic mass is 35.5. The standard InChI is InChI=1S/C6H4Cl2O4/c7-11-5(9)3-1-2-4-6(10)12-8/h1-4H/b3-1+,4-2+. The summed E-state index contributed by atoms with van der Waals surface area (Å²) in [6.07, 6.45) is 4.53. The van der Waals surface area contributed by atoms with Crippen LogP contribution < -0.4 is 0 Å². The van der Waals surface area contributed by atoms with E-state index in [2.05, 4.69) is 32.3 Å². The summed E-state index contributed by atoms with van der Waals surface area (Å²) >= 11 is 9.37. The summed E-state index contributed by atoms with van der Waals surface area (Å²) in [7, 11) is 0. The summed E-state index contributed by atoms with van der Waals surface area (Å²) in [6.45, 7) is 0. The molecule has 0 aromatic heterocycles. The van der Waals surface area contributed by atoms with Crippen LogP contribution in [0.15, 0.2) is 24.3 Å². The third kappa shape index (κ3) is 5.76. The van der Waals surface area contributed by atoms with E-state index in [9.17, 15) is 9.59 Å². The van der Waals surface area contributed by atoms with E-state index in [4.69, 9.17) is 0 Å². The molecule has 0 aromatic carbocycles. The third-order valence-corrected chi connectivity index (χ3v) is 1.03. The van der Waals surface area contributed by atoms with Crippen LogP contribution in [-0.4, -0.2) is 11.9 Å². The molecule has 66 valence electrons. The summed E-state index contributed by atoms with van der Waals surface area (Å²) in [6, 6.07) is 0. The quantitative estimate of drug-likeness (QED) is 0.524. The minimum atomic E-state index is -0.736. The molecule has 12 heavy (non-hydrogen) atoms. The molecule has 0 fully saturated rings. The second-order valence-corrected chi connectivity index (χ2v) is 1.82. The van der Waals surface area contributed by atoms with Gasteiger partial charge in [0.15, 0.2) is 0 Å². The summed E-state index contributed by atoms with van der Waals surface area (Å²) in [5, 5.41) is 0. The summed E-state index contributed by atoms with van der Waals surface area (Å²) < 4.78 is 7.51. The van der Waals surface area contributed by atoms with Gasteiger partial charge in [-0.2, -0.15) is 0 Å². The first kappa shape index (κ1) is 11.0. The lowest BCUT2D eigenvalue weighted by atomic mass is 10.4. The van der Waals surface area contributed by atoms with Crippen molar-refractivity contribution in [2.75, 3.05) is 0 Å². The normalized spacial score (nSPS) is 10.5. The molecule has 0 aromatic rings. The van der Waals surface area contributed by atoms with Crippen LogP contribution in [0, 0.1) is 0 Å². The number of rotatable bonds is 3. The molecule has 0 aliphatic carbocycles. The minimum absolute atomic E-state index is 0.736. The van der Waals surface area contributed by atoms with E-state index in [0.29, 0.717) is 0 Å². The van der Waals surface area contributed by atoms with E-state index >= 15 is 0 Å². The molecule has 0 saturated heterocycles. The highest BCUT2D eigenvalue weighted by Crippen LogP contribution is 1.88. The Morgan fingerprint density at radius 2 is 1.25 bits per heavy atom. The Bertz CT molecular complexity index is 198. The molecule has 4 nitrogen and oxygen atoms in total. The van der Waals surface area contributed by atoms with E-state index in [1.807, 2.05) is 0 Å². The molecule has 0 rings (SSSR count). The van der Waals surface area contributed by atoms with Crippen molar-refractivity contribution in [2.45, 2.75) is 0 Å². The van der Waals surface area contributed by atoms with Crippen LogP contribution in [0.1, 0.15) is 0 Å². The van der Waals surface area contributed by atoms with Crippen molar-refractivity contribution in [1.82, 2.24) is 0 Å². The third-order valence-electron chi connectivity index (χ3n) is 0.728. The predicted octanol–water partition coefficient (Wildman–Crippen LogP) is 1.49. The maximum Gasteiger partial charge on any atom is 0.349 e. The van der Waals surface area contributed by atoms with Crippen LogP contribution in [0.3, 0.4) is 0 Å². The fourth-order valence-corrected chi connectivity index (χ4v) is 0.423. The van der Waals surface area contributed by atoms with Gasteiger partial charge in [-0.3, -0.25) is 0 Å². The zero-order valence-corrected chi connectivity index (χ0v) is 7.21. The van der Waals surface area contributed by atoms with Crippen molar-refractivity contribution >= 4 is 35.7 Å². The highest BCUT2D eigenvalue weighted by Gasteiger charge is 1.91. The molecular formula is C6H4Cl2O4. The van der Waals surface area contributed by atoms with E-state index in [-0.39, 0.29) is 0 Å². The van der Waals surface area contributed by atoms with Crippen LogP contribution in [0.25, 0.3) is 0 Å². The van der Waals surface area contributed by atoms with Crippen LogP contribution in [0.5, 0.6) is 0 Å². The van der Waals surface area contributed by atoms with Crippen molar-refractivity contribution in [3.8, 4) is 0 Å². The summed E-state index contributed by atoms with van der Waals surface area (Å²) in [4.78, 5) is 20.6. The van der Waals surface area contributed by atoms with Gasteiger partial charge in [-0.25, -0.2) is 9.59 Å². The smallest absolute Gasteiger partial charge is 0.344 e. The van der Waals surface area contributed by atoms with Gasteiger partial charge in [0, 0.05) is 12.2 Å². The van der Waals surface area contributed by atoms with Gasteiger partial charge in [-0.05, 0) is 0 Å². The monoisotopic (exact) mass is 210 g/mol. The lowest BCUT2D eigenvalue weighted by Crippen LogP contribution is -1.89. The van der Waals surface area contributed by atoms with Gasteiger partial charge in [-0.15, -0.1) is 0 Å². The van der Waals surface area contributed by atoms with E-state index < -0.39 is 11.9 Å². The van der Waals surface area contributed by atoms with Gasteiger partial charge in [0.1, 0.15) is 23.7 Å². The number of hydrogen-bond acceptors (Lipinski definition) is 4. The van der Waals surface area contributed by atoms with Gasteiger partial charge in [0.2, 0.25) is 0 Å². The fraction of sp³-hybridized carbons (Fsp3) is 0. The van der Waals surface area contributed by atoms with Crippen LogP contribution in [-0.2, 0) is 18.2 Å². The molecular weight excluding hydrogens is 207 g/mol. The van der Waals surface area contributed by atoms with Crippen LogP contribution >= 0.6 is 23.7 Å². The predicted molar refractivity (Wildman–Crippen MR) is 42.2 cm³/mol. The van der Waals surface area contributed by atoms with Crippen molar-refractivity contribution in [3.63, 3.8) is 0 Å². The van der Waals surface area contributed by atoms with Crippen molar-refractivity contribution in [2.24, 2.45) is 0 Å². The highest BCUT2D eigenvalue weighted by molar-refractivity contribution is 6.15. The lowest BCUT2D eigenvalue weighted by molar-refractivity contribution is -0.129. The van der Waals surface area contributed by atoms with E-state index in [0.717, 1.165) is 12.2 Å². The largest absolute Gasteiger partial charge is 0.349 e. The fourth-order valence-electron chi connectivity index (χ4n) is 0.320. The molecule has 6 heteroatoms. The van der Waals surface area contributed by atoms with Gasteiger partial charge < -0.3 is 8.58 Å². The van der Waals surface area contributed by atoms with Gasteiger partial charge in [-0.1, -0.05) is 12.2 Å². The molecule has 0 spiro atoms. The molecule has 0 saturated carbocycles. The molecule has 0 N–H and O–H groups in total. The summed E-state index contributed by atoms with van der Waals surface area (Å²) in [5.41, 5.74) is 0. The van der Waals surface area contributed by atoms with E-state index in [1.54, 1.807) is 0 Å². The molecule has 0 bridgehead atoms. The molecule has 0 heterocycles. The van der Waals surface area contributed by atoms with Crippen LogP contribution in [0.2, 0.25) is 0 Å². The average Bonchev–Trinajstić information content (AvgIpc) is 2.11. The average molecular weight is 211 g/mol. The topological polar surface area (TPSA) is 52.6 Å². The molecule has 0 aliphatic heterocycles. The first-order valence-electron chi connectivity index (χ1n) is 2.70. The second-order valence-electron chi connectivity index (χ2n) is 1.51. The van der Waals surface area contributed by atoms with Crippen molar-refractivity contribution < 1.29 is 18.2 Å². The molecule has 0 unspecified atom stereocenters. The molecule has 0 amide bonds. The number of allylic oxidation sites excluding steroid dienone is 2. The Morgan fingerprint density at radius 1 is 0.917 bits per heavy atom. The number of carbonyl (C=O) groups excluding carboxylic acids is 2. The minimum Gasteiger partial charge on any atom is -0.344 e. The number of carbonyl (C=O) groups is 2. The van der Waals surface area contributed by atoms with Crippen molar-refractivity contribution in [1.29, 1.82) is 0 Å². The first-order valence-corrected chi connectivity index (χ1v) is 3.32. The summed E-state index contributed by atoms with van der Waals surface area (Å²) in [5.74, 6) is -1.47. The number of halogens is 2. The van der Waals surface area contributed by atoms with Crippen molar-refractivity contribution in [3.05, 3.63) is 24.3 Å². The van der Waals surface area contributed by atoms with Gasteiger partial charge >= 0.3 is 11.9 Å². The Morgan fingerprint density at radius 3 is 1.50 bits per heavy atom. The Labute approximate surface area is 78.7 Å². The SMILES string of the molecule is O=C(/C=C/C=C/C(=O)OCl)OCl. The van der Waals surface area contributed by atoms with Gasteiger partial charge in [0.05, 0.1) is 0 Å². The lowest BCUT2D eigenvalue weighted by Gasteiger charge is -1.83. The number of hydrogen-bond donors (Lipinski definition) is 0.